The third-order valence-corrected chi connectivity index (χ3v) is 4.48. The van der Waals surface area contributed by atoms with Gasteiger partial charge in [-0.25, -0.2) is 0 Å². The maximum Gasteiger partial charge on any atom is 0.273 e. The summed E-state index contributed by atoms with van der Waals surface area (Å²) in [6, 6.07) is 9.76. The Morgan fingerprint density at radius 2 is 2.04 bits per heavy atom. The molecule has 2 heterocycles. The molecule has 27 heavy (non-hydrogen) atoms. The standard InChI is InChI=1S/C20H24N4O3/c1-13-11-14(2)24(22-13)12-17-15(3)27-23-19(17)20(25)21-10-9-16-7-5-6-8-18(16)26-4/h5-8,11H,9-10,12H2,1-4H3,(H,21,25). The fourth-order valence-electron chi connectivity index (χ4n) is 3.04. The second kappa shape index (κ2) is 8.07. The van der Waals surface area contributed by atoms with Crippen molar-refractivity contribution in [3.8, 4) is 5.75 Å². The molecule has 0 aliphatic carbocycles. The fourth-order valence-corrected chi connectivity index (χ4v) is 3.04. The van der Waals surface area contributed by atoms with Crippen molar-refractivity contribution in [2.24, 2.45) is 0 Å². The lowest BCUT2D eigenvalue weighted by molar-refractivity contribution is 0.0944. The summed E-state index contributed by atoms with van der Waals surface area (Å²) in [4.78, 5) is 12.6. The van der Waals surface area contributed by atoms with Crippen molar-refractivity contribution in [3.05, 3.63) is 64.3 Å². The van der Waals surface area contributed by atoms with E-state index in [1.54, 1.807) is 14.0 Å². The van der Waals surface area contributed by atoms with Crippen LogP contribution in [0, 0.1) is 20.8 Å². The third-order valence-electron chi connectivity index (χ3n) is 4.48. The van der Waals surface area contributed by atoms with Crippen molar-refractivity contribution in [2.75, 3.05) is 13.7 Å². The van der Waals surface area contributed by atoms with E-state index in [1.807, 2.05) is 48.9 Å². The Kier molecular flexibility index (Phi) is 5.59. The van der Waals surface area contributed by atoms with Crippen molar-refractivity contribution < 1.29 is 14.1 Å². The SMILES string of the molecule is COc1ccccc1CCNC(=O)c1noc(C)c1Cn1nc(C)cc1C. The summed E-state index contributed by atoms with van der Waals surface area (Å²) in [5, 5.41) is 11.3. The molecule has 7 nitrogen and oxygen atoms in total. The third kappa shape index (κ3) is 4.19. The Hall–Kier alpha value is -3.09. The quantitative estimate of drug-likeness (QED) is 0.693. The van der Waals surface area contributed by atoms with E-state index < -0.39 is 0 Å². The lowest BCUT2D eigenvalue weighted by atomic mass is 10.1. The van der Waals surface area contributed by atoms with Gasteiger partial charge in [0.05, 0.1) is 19.3 Å². The molecule has 3 aromatic rings. The van der Waals surface area contributed by atoms with Crippen molar-refractivity contribution in [1.29, 1.82) is 0 Å². The average Bonchev–Trinajstić information content (AvgIpc) is 3.17. The molecule has 0 saturated heterocycles. The molecule has 0 atom stereocenters. The zero-order valence-electron chi connectivity index (χ0n) is 16.1. The van der Waals surface area contributed by atoms with E-state index in [4.69, 9.17) is 9.26 Å². The minimum atomic E-state index is -0.252. The highest BCUT2D eigenvalue weighted by molar-refractivity contribution is 5.93. The van der Waals surface area contributed by atoms with Gasteiger partial charge in [-0.05, 0) is 44.9 Å². The molecule has 0 aliphatic rings. The van der Waals surface area contributed by atoms with E-state index in [9.17, 15) is 4.79 Å². The number of carbonyl (C=O) groups excluding carboxylic acids is 1. The van der Waals surface area contributed by atoms with Gasteiger partial charge in [-0.15, -0.1) is 0 Å². The van der Waals surface area contributed by atoms with Gasteiger partial charge in [0.1, 0.15) is 11.5 Å². The predicted octanol–water partition coefficient (Wildman–Crippen LogP) is 2.83. The first-order chi connectivity index (χ1) is 13.0. The van der Waals surface area contributed by atoms with Crippen LogP contribution in [0.15, 0.2) is 34.9 Å². The summed E-state index contributed by atoms with van der Waals surface area (Å²) in [5.74, 6) is 1.19. The van der Waals surface area contributed by atoms with Gasteiger partial charge in [-0.2, -0.15) is 5.10 Å². The van der Waals surface area contributed by atoms with Crippen LogP contribution in [0.5, 0.6) is 5.75 Å². The van der Waals surface area contributed by atoms with E-state index in [2.05, 4.69) is 15.6 Å². The summed E-state index contributed by atoms with van der Waals surface area (Å²) >= 11 is 0. The molecular weight excluding hydrogens is 344 g/mol. The van der Waals surface area contributed by atoms with E-state index in [-0.39, 0.29) is 5.91 Å². The monoisotopic (exact) mass is 368 g/mol. The number of methoxy groups -OCH3 is 1. The van der Waals surface area contributed by atoms with Gasteiger partial charge in [0.25, 0.3) is 5.91 Å². The Balaban J connectivity index is 1.68. The molecule has 3 rings (SSSR count). The average molecular weight is 368 g/mol. The second-order valence-electron chi connectivity index (χ2n) is 6.47. The van der Waals surface area contributed by atoms with Crippen LogP contribution in [0.1, 0.15) is 38.8 Å². The lowest BCUT2D eigenvalue weighted by Gasteiger charge is -2.09. The highest BCUT2D eigenvalue weighted by Gasteiger charge is 2.20. The van der Waals surface area contributed by atoms with Crippen LogP contribution in [0.25, 0.3) is 0 Å². The highest BCUT2D eigenvalue weighted by atomic mass is 16.5. The topological polar surface area (TPSA) is 82.2 Å². The van der Waals surface area contributed by atoms with Gasteiger partial charge in [-0.1, -0.05) is 23.4 Å². The molecule has 1 aromatic carbocycles. The Labute approximate surface area is 158 Å². The molecule has 0 aliphatic heterocycles. The summed E-state index contributed by atoms with van der Waals surface area (Å²) in [5.41, 5.74) is 4.05. The number of rotatable bonds is 7. The van der Waals surface area contributed by atoms with Crippen LogP contribution in [0.2, 0.25) is 0 Å². The molecule has 0 bridgehead atoms. The largest absolute Gasteiger partial charge is 0.496 e. The number of nitrogens with zero attached hydrogens (tertiary/aromatic N) is 3. The van der Waals surface area contributed by atoms with E-state index in [1.165, 1.54) is 0 Å². The zero-order valence-corrected chi connectivity index (χ0v) is 16.1. The van der Waals surface area contributed by atoms with Gasteiger partial charge in [0.15, 0.2) is 5.69 Å². The zero-order chi connectivity index (χ0) is 19.4. The maximum absolute atomic E-state index is 12.6. The normalized spacial score (nSPS) is 10.8. The number of para-hydroxylation sites is 1. The van der Waals surface area contributed by atoms with Gasteiger partial charge in [0, 0.05) is 17.8 Å². The number of aromatic nitrogens is 3. The molecule has 1 N–H and O–H groups in total. The predicted molar refractivity (Wildman–Crippen MR) is 101 cm³/mol. The first-order valence-electron chi connectivity index (χ1n) is 8.86. The minimum Gasteiger partial charge on any atom is -0.496 e. The molecule has 0 saturated carbocycles. The molecular formula is C20H24N4O3. The van der Waals surface area contributed by atoms with Crippen LogP contribution in [-0.4, -0.2) is 34.5 Å². The van der Waals surface area contributed by atoms with Gasteiger partial charge >= 0.3 is 0 Å². The van der Waals surface area contributed by atoms with E-state index in [0.717, 1.165) is 28.3 Å². The summed E-state index contributed by atoms with van der Waals surface area (Å²) in [7, 11) is 1.64. The van der Waals surface area contributed by atoms with Gasteiger partial charge in [0.2, 0.25) is 0 Å². The van der Waals surface area contributed by atoms with Crippen molar-refractivity contribution in [3.63, 3.8) is 0 Å². The number of carbonyl (C=O) groups is 1. The van der Waals surface area contributed by atoms with Crippen molar-refractivity contribution in [1.82, 2.24) is 20.3 Å². The molecule has 0 spiro atoms. The molecule has 0 fully saturated rings. The van der Waals surface area contributed by atoms with Crippen LogP contribution in [0.4, 0.5) is 0 Å². The number of nitrogens with one attached hydrogen (secondary N) is 1. The van der Waals surface area contributed by atoms with E-state index >= 15 is 0 Å². The minimum absolute atomic E-state index is 0.252. The molecule has 7 heteroatoms. The molecule has 0 radical (unpaired) electrons. The van der Waals surface area contributed by atoms with Crippen LogP contribution < -0.4 is 10.1 Å². The number of amides is 1. The second-order valence-corrected chi connectivity index (χ2v) is 6.47. The molecule has 1 amide bonds. The lowest BCUT2D eigenvalue weighted by Crippen LogP contribution is -2.27. The molecule has 142 valence electrons. The van der Waals surface area contributed by atoms with Crippen molar-refractivity contribution >= 4 is 5.91 Å². The number of benzene rings is 1. The number of ether oxygens (including phenoxy) is 1. The highest BCUT2D eigenvalue weighted by Crippen LogP contribution is 2.18. The Bertz CT molecular complexity index is 943. The fraction of sp³-hybridized carbons (Fsp3) is 0.350. The smallest absolute Gasteiger partial charge is 0.273 e. The number of aryl methyl sites for hydroxylation is 3. The van der Waals surface area contributed by atoms with E-state index in [0.29, 0.717) is 31.0 Å². The molecule has 2 aromatic heterocycles. The Morgan fingerprint density at radius 3 is 2.74 bits per heavy atom. The summed E-state index contributed by atoms with van der Waals surface area (Å²) < 4.78 is 12.5. The number of hydrogen-bond acceptors (Lipinski definition) is 5. The van der Waals surface area contributed by atoms with Crippen LogP contribution >= 0.6 is 0 Å². The number of hydrogen-bond donors (Lipinski definition) is 1. The Morgan fingerprint density at radius 1 is 1.26 bits per heavy atom. The van der Waals surface area contributed by atoms with Crippen LogP contribution in [-0.2, 0) is 13.0 Å². The van der Waals surface area contributed by atoms with Crippen molar-refractivity contribution in [2.45, 2.75) is 33.7 Å². The summed E-state index contributed by atoms with van der Waals surface area (Å²) in [6.07, 6.45) is 0.666. The first-order valence-corrected chi connectivity index (χ1v) is 8.86. The van der Waals surface area contributed by atoms with Gasteiger partial charge < -0.3 is 14.6 Å². The van der Waals surface area contributed by atoms with Gasteiger partial charge in [-0.3, -0.25) is 9.48 Å². The first kappa shape index (κ1) is 18.7. The molecule has 0 unspecified atom stereocenters. The summed E-state index contributed by atoms with van der Waals surface area (Å²) in [6.45, 7) is 6.65. The maximum atomic E-state index is 12.6. The van der Waals surface area contributed by atoms with Crippen LogP contribution in [0.3, 0.4) is 0 Å².